The molecule has 0 aliphatic carbocycles. The lowest BCUT2D eigenvalue weighted by atomic mass is 9.74. The maximum atomic E-state index is 13.7. The van der Waals surface area contributed by atoms with E-state index in [4.69, 9.17) is 23.2 Å². The highest BCUT2D eigenvalue weighted by Crippen LogP contribution is 2.47. The van der Waals surface area contributed by atoms with E-state index in [9.17, 15) is 14.7 Å². The van der Waals surface area contributed by atoms with Crippen molar-refractivity contribution in [2.75, 3.05) is 13.1 Å². The number of carboxylic acid groups (broad SMARTS) is 1. The van der Waals surface area contributed by atoms with Gasteiger partial charge in [-0.15, -0.1) is 0 Å². The average Bonchev–Trinajstić information content (AvgIpc) is 2.76. The van der Waals surface area contributed by atoms with Crippen molar-refractivity contribution in [3.63, 3.8) is 0 Å². The molecule has 3 rings (SSSR count). The van der Waals surface area contributed by atoms with Crippen LogP contribution in [0.2, 0.25) is 10.0 Å². The standard InChI is InChI=1S/C25H30Cl2N2O3/c1-3-21(15-28-4-2)29-24(16-8-10-19(26)11-9-16)22(17-6-5-7-20(27)12-17)13-18(25(29)32)14-23(30)31/h5-12,18,21-22,24,28H,3-4,13-15H2,1-2H3,(H,30,31)/t18-,21?,22-,24-/m1/s1. The number of likely N-dealkylation sites (N-methyl/N-ethyl adjacent to an activating group) is 1. The zero-order valence-corrected chi connectivity index (χ0v) is 19.9. The monoisotopic (exact) mass is 476 g/mol. The first-order chi connectivity index (χ1) is 15.3. The Hall–Kier alpha value is -2.08. The van der Waals surface area contributed by atoms with Crippen LogP contribution in [-0.2, 0) is 9.59 Å². The largest absolute Gasteiger partial charge is 0.481 e. The molecule has 0 spiro atoms. The van der Waals surface area contributed by atoms with Crippen molar-refractivity contribution in [3.05, 3.63) is 69.7 Å². The van der Waals surface area contributed by atoms with Crippen LogP contribution in [-0.4, -0.2) is 41.0 Å². The van der Waals surface area contributed by atoms with Gasteiger partial charge in [0.2, 0.25) is 5.91 Å². The van der Waals surface area contributed by atoms with Gasteiger partial charge in [0.1, 0.15) is 0 Å². The zero-order valence-electron chi connectivity index (χ0n) is 18.4. The summed E-state index contributed by atoms with van der Waals surface area (Å²) in [4.78, 5) is 27.2. The molecule has 2 aromatic carbocycles. The maximum Gasteiger partial charge on any atom is 0.304 e. The Bertz CT molecular complexity index is 935. The lowest BCUT2D eigenvalue weighted by molar-refractivity contribution is -0.152. The number of hydrogen-bond acceptors (Lipinski definition) is 3. The minimum atomic E-state index is -0.960. The number of benzene rings is 2. The fraction of sp³-hybridized carbons (Fsp3) is 0.440. The van der Waals surface area contributed by atoms with Crippen molar-refractivity contribution in [2.45, 2.75) is 51.1 Å². The predicted molar refractivity (Wildman–Crippen MR) is 128 cm³/mol. The Morgan fingerprint density at radius 1 is 1.12 bits per heavy atom. The molecule has 5 nitrogen and oxygen atoms in total. The van der Waals surface area contributed by atoms with Crippen LogP contribution in [0, 0.1) is 5.92 Å². The van der Waals surface area contributed by atoms with Crippen molar-refractivity contribution in [2.24, 2.45) is 5.92 Å². The van der Waals surface area contributed by atoms with Crippen LogP contribution in [0.25, 0.3) is 0 Å². The first-order valence-corrected chi connectivity index (χ1v) is 11.9. The molecule has 1 fully saturated rings. The fourth-order valence-corrected chi connectivity index (χ4v) is 5.05. The molecule has 0 aromatic heterocycles. The first-order valence-electron chi connectivity index (χ1n) is 11.1. The molecule has 0 bridgehead atoms. The smallest absolute Gasteiger partial charge is 0.304 e. The Labute approximate surface area is 199 Å². The third-order valence-electron chi connectivity index (χ3n) is 6.23. The van der Waals surface area contributed by atoms with Crippen molar-refractivity contribution in [1.29, 1.82) is 0 Å². The molecule has 1 unspecified atom stereocenters. The normalized spacial score (nSPS) is 22.1. The van der Waals surface area contributed by atoms with Gasteiger partial charge in [-0.05, 0) is 54.8 Å². The number of nitrogens with one attached hydrogen (secondary N) is 1. The summed E-state index contributed by atoms with van der Waals surface area (Å²) in [5.74, 6) is -1.74. The molecule has 4 atom stereocenters. The van der Waals surface area contributed by atoms with E-state index in [-0.39, 0.29) is 30.3 Å². The summed E-state index contributed by atoms with van der Waals surface area (Å²) >= 11 is 12.5. The van der Waals surface area contributed by atoms with Crippen molar-refractivity contribution in [3.8, 4) is 0 Å². The number of aliphatic carboxylic acids is 1. The van der Waals surface area contributed by atoms with Gasteiger partial charge in [0.05, 0.1) is 12.5 Å². The quantitative estimate of drug-likeness (QED) is 0.498. The second-order valence-corrected chi connectivity index (χ2v) is 9.18. The number of halogens is 2. The Morgan fingerprint density at radius 3 is 2.44 bits per heavy atom. The van der Waals surface area contributed by atoms with Crippen molar-refractivity contribution in [1.82, 2.24) is 10.2 Å². The number of amides is 1. The summed E-state index contributed by atoms with van der Waals surface area (Å²) in [5, 5.41) is 14.1. The van der Waals surface area contributed by atoms with Crippen molar-refractivity contribution >= 4 is 35.1 Å². The third kappa shape index (κ3) is 5.64. The van der Waals surface area contributed by atoms with E-state index in [1.54, 1.807) is 0 Å². The number of likely N-dealkylation sites (tertiary alicyclic amines) is 1. The third-order valence-corrected chi connectivity index (χ3v) is 6.71. The summed E-state index contributed by atoms with van der Waals surface area (Å²) in [5.41, 5.74) is 1.99. The lowest BCUT2D eigenvalue weighted by Crippen LogP contribution is -2.54. The highest BCUT2D eigenvalue weighted by Gasteiger charge is 2.45. The summed E-state index contributed by atoms with van der Waals surface area (Å²) in [6.07, 6.45) is 1.02. The first kappa shape index (κ1) is 24.6. The minimum absolute atomic E-state index is 0.0681. The van der Waals surface area contributed by atoms with E-state index in [1.807, 2.05) is 60.4 Å². The molecule has 1 saturated heterocycles. The molecule has 1 amide bonds. The molecule has 1 aliphatic heterocycles. The number of carbonyl (C=O) groups excluding carboxylic acids is 1. The van der Waals surface area contributed by atoms with Gasteiger partial charge in [-0.2, -0.15) is 0 Å². The van der Waals surface area contributed by atoms with Gasteiger partial charge in [-0.3, -0.25) is 9.59 Å². The molecule has 7 heteroatoms. The van der Waals surface area contributed by atoms with Crippen LogP contribution in [0.15, 0.2) is 48.5 Å². The number of piperidine rings is 1. The van der Waals surface area contributed by atoms with Gasteiger partial charge in [0.15, 0.2) is 0 Å². The second kappa shape index (κ2) is 11.2. The van der Waals surface area contributed by atoms with Gasteiger partial charge in [0.25, 0.3) is 0 Å². The van der Waals surface area contributed by atoms with E-state index >= 15 is 0 Å². The summed E-state index contributed by atoms with van der Waals surface area (Å²) in [6.45, 7) is 5.53. The van der Waals surface area contributed by atoms with Crippen LogP contribution >= 0.6 is 23.2 Å². The fourth-order valence-electron chi connectivity index (χ4n) is 4.73. The summed E-state index contributed by atoms with van der Waals surface area (Å²) < 4.78 is 0. The Balaban J connectivity index is 2.15. The van der Waals surface area contributed by atoms with E-state index < -0.39 is 11.9 Å². The van der Waals surface area contributed by atoms with Crippen LogP contribution in [0.5, 0.6) is 0 Å². The van der Waals surface area contributed by atoms with Crippen LogP contribution < -0.4 is 5.32 Å². The molecule has 1 aliphatic rings. The number of carbonyl (C=O) groups is 2. The van der Waals surface area contributed by atoms with E-state index in [0.717, 1.165) is 24.1 Å². The molecule has 0 saturated carbocycles. The van der Waals surface area contributed by atoms with Gasteiger partial charge >= 0.3 is 5.97 Å². The van der Waals surface area contributed by atoms with E-state index in [1.165, 1.54) is 0 Å². The van der Waals surface area contributed by atoms with Gasteiger partial charge in [-0.1, -0.05) is 61.3 Å². The molecule has 2 aromatic rings. The average molecular weight is 477 g/mol. The van der Waals surface area contributed by atoms with Crippen LogP contribution in [0.3, 0.4) is 0 Å². The molecule has 1 heterocycles. The summed E-state index contributed by atoms with van der Waals surface area (Å²) in [6, 6.07) is 14.9. The highest BCUT2D eigenvalue weighted by molar-refractivity contribution is 6.30. The van der Waals surface area contributed by atoms with Crippen LogP contribution in [0.1, 0.15) is 56.2 Å². The zero-order chi connectivity index (χ0) is 23.3. The second-order valence-electron chi connectivity index (χ2n) is 8.30. The topological polar surface area (TPSA) is 69.6 Å². The predicted octanol–water partition coefficient (Wildman–Crippen LogP) is 5.53. The Morgan fingerprint density at radius 2 is 1.84 bits per heavy atom. The molecule has 0 radical (unpaired) electrons. The van der Waals surface area contributed by atoms with Gasteiger partial charge in [0, 0.05) is 34.5 Å². The van der Waals surface area contributed by atoms with Gasteiger partial charge in [-0.25, -0.2) is 0 Å². The highest BCUT2D eigenvalue weighted by atomic mass is 35.5. The van der Waals surface area contributed by atoms with E-state index in [2.05, 4.69) is 12.2 Å². The molecular formula is C25H30Cl2N2O3. The number of nitrogens with zero attached hydrogens (tertiary/aromatic N) is 1. The molecule has 172 valence electrons. The van der Waals surface area contributed by atoms with Gasteiger partial charge < -0.3 is 15.3 Å². The molecular weight excluding hydrogens is 447 g/mol. The molecule has 2 N–H and O–H groups in total. The number of rotatable bonds is 9. The number of hydrogen-bond donors (Lipinski definition) is 2. The van der Waals surface area contributed by atoms with Crippen LogP contribution in [0.4, 0.5) is 0 Å². The number of carboxylic acids is 1. The Kier molecular flexibility index (Phi) is 8.57. The minimum Gasteiger partial charge on any atom is -0.481 e. The molecule has 32 heavy (non-hydrogen) atoms. The summed E-state index contributed by atoms with van der Waals surface area (Å²) in [7, 11) is 0. The lowest BCUT2D eigenvalue weighted by Gasteiger charge is -2.48. The SMILES string of the molecule is CCNCC(CC)N1C(=O)[C@@H](CC(=O)O)C[C@H](c2cccc(Cl)c2)[C@H]1c1ccc(Cl)cc1. The van der Waals surface area contributed by atoms with Crippen molar-refractivity contribution < 1.29 is 14.7 Å². The maximum absolute atomic E-state index is 13.7. The van der Waals surface area contributed by atoms with E-state index in [0.29, 0.717) is 23.0 Å².